The van der Waals surface area contributed by atoms with E-state index in [1.54, 1.807) is 31.4 Å². The van der Waals surface area contributed by atoms with Crippen molar-refractivity contribution < 1.29 is 9.53 Å². The van der Waals surface area contributed by atoms with E-state index in [1.807, 2.05) is 24.3 Å². The largest absolute Gasteiger partial charge is 0.497 e. The molecule has 2 N–H and O–H groups in total. The molecule has 22 heavy (non-hydrogen) atoms. The topological polar surface area (TPSA) is 50.4 Å². The van der Waals surface area contributed by atoms with Gasteiger partial charge in [0, 0.05) is 10.7 Å². The van der Waals surface area contributed by atoms with Crippen LogP contribution in [0.3, 0.4) is 0 Å². The first kappa shape index (κ1) is 16.3. The highest BCUT2D eigenvalue weighted by Crippen LogP contribution is 2.14. The molecule has 0 heterocycles. The first-order chi connectivity index (χ1) is 10.7. The zero-order valence-corrected chi connectivity index (χ0v) is 13.2. The summed E-state index contributed by atoms with van der Waals surface area (Å²) in [5.41, 5.74) is 1.90. The Balaban J connectivity index is 1.68. The van der Waals surface area contributed by atoms with E-state index in [0.29, 0.717) is 10.7 Å². The van der Waals surface area contributed by atoms with Crippen molar-refractivity contribution in [3.05, 3.63) is 59.1 Å². The summed E-state index contributed by atoms with van der Waals surface area (Å²) in [4.78, 5) is 11.8. The second-order valence-corrected chi connectivity index (χ2v) is 5.27. The lowest BCUT2D eigenvalue weighted by Gasteiger charge is -2.07. The zero-order chi connectivity index (χ0) is 15.8. The van der Waals surface area contributed by atoms with Crippen molar-refractivity contribution in [2.24, 2.45) is 0 Å². The molecule has 0 radical (unpaired) electrons. The number of rotatable bonds is 7. The maximum absolute atomic E-state index is 11.8. The molecule has 0 fully saturated rings. The molecule has 0 unspecified atom stereocenters. The van der Waals surface area contributed by atoms with Crippen LogP contribution in [0.2, 0.25) is 5.02 Å². The molecule has 0 spiro atoms. The van der Waals surface area contributed by atoms with Gasteiger partial charge >= 0.3 is 0 Å². The quantitative estimate of drug-likeness (QED) is 0.771. The zero-order valence-electron chi connectivity index (χ0n) is 12.4. The summed E-state index contributed by atoms with van der Waals surface area (Å²) in [5, 5.41) is 6.52. The Bertz CT molecular complexity index is 614. The first-order valence-corrected chi connectivity index (χ1v) is 7.44. The SMILES string of the molecule is COc1ccc(CCNCC(=O)Nc2cccc(Cl)c2)cc1. The molecule has 1 amide bonds. The smallest absolute Gasteiger partial charge is 0.238 e. The van der Waals surface area contributed by atoms with Gasteiger partial charge in [0.05, 0.1) is 13.7 Å². The average Bonchev–Trinajstić information content (AvgIpc) is 2.52. The van der Waals surface area contributed by atoms with Crippen LogP contribution < -0.4 is 15.4 Å². The lowest BCUT2D eigenvalue weighted by atomic mass is 10.1. The monoisotopic (exact) mass is 318 g/mol. The highest BCUT2D eigenvalue weighted by atomic mass is 35.5. The van der Waals surface area contributed by atoms with Crippen LogP contribution in [0, 0.1) is 0 Å². The molecule has 0 bridgehead atoms. The van der Waals surface area contributed by atoms with Crippen LogP contribution in [0.4, 0.5) is 5.69 Å². The van der Waals surface area contributed by atoms with E-state index in [-0.39, 0.29) is 12.5 Å². The van der Waals surface area contributed by atoms with E-state index in [9.17, 15) is 4.79 Å². The van der Waals surface area contributed by atoms with Gasteiger partial charge in [0.25, 0.3) is 0 Å². The summed E-state index contributed by atoms with van der Waals surface area (Å²) < 4.78 is 5.11. The first-order valence-electron chi connectivity index (χ1n) is 7.06. The highest BCUT2D eigenvalue weighted by Gasteiger charge is 2.02. The number of nitrogens with one attached hydrogen (secondary N) is 2. The molecule has 116 valence electrons. The van der Waals surface area contributed by atoms with Crippen molar-refractivity contribution in [3.63, 3.8) is 0 Å². The number of amides is 1. The molecule has 0 aromatic heterocycles. The van der Waals surface area contributed by atoms with E-state index in [4.69, 9.17) is 16.3 Å². The van der Waals surface area contributed by atoms with Crippen molar-refractivity contribution >= 4 is 23.2 Å². The summed E-state index contributed by atoms with van der Waals surface area (Å²) in [5.74, 6) is 0.759. The van der Waals surface area contributed by atoms with E-state index in [2.05, 4.69) is 10.6 Å². The number of hydrogen-bond acceptors (Lipinski definition) is 3. The van der Waals surface area contributed by atoms with Gasteiger partial charge < -0.3 is 15.4 Å². The molecule has 2 aromatic carbocycles. The van der Waals surface area contributed by atoms with E-state index in [0.717, 1.165) is 18.7 Å². The Morgan fingerprint density at radius 2 is 1.95 bits per heavy atom. The molecular formula is C17H19ClN2O2. The third-order valence-electron chi connectivity index (χ3n) is 3.14. The van der Waals surface area contributed by atoms with Gasteiger partial charge in [-0.1, -0.05) is 29.8 Å². The minimum absolute atomic E-state index is 0.0861. The number of carbonyl (C=O) groups is 1. The van der Waals surface area contributed by atoms with Gasteiger partial charge in [-0.2, -0.15) is 0 Å². The van der Waals surface area contributed by atoms with Crippen molar-refractivity contribution in [1.82, 2.24) is 5.32 Å². The number of methoxy groups -OCH3 is 1. The predicted molar refractivity (Wildman–Crippen MR) is 89.6 cm³/mol. The third kappa shape index (κ3) is 5.39. The van der Waals surface area contributed by atoms with Crippen LogP contribution in [-0.2, 0) is 11.2 Å². The molecule has 0 atom stereocenters. The van der Waals surface area contributed by atoms with Crippen LogP contribution in [0.15, 0.2) is 48.5 Å². The Morgan fingerprint density at radius 1 is 1.18 bits per heavy atom. The average molecular weight is 319 g/mol. The van der Waals surface area contributed by atoms with Gasteiger partial charge in [-0.05, 0) is 48.9 Å². The van der Waals surface area contributed by atoms with Crippen molar-refractivity contribution in [2.75, 3.05) is 25.5 Å². The fourth-order valence-electron chi connectivity index (χ4n) is 2.00. The second kappa shape index (κ2) is 8.41. The van der Waals surface area contributed by atoms with E-state index < -0.39 is 0 Å². The second-order valence-electron chi connectivity index (χ2n) is 4.83. The summed E-state index contributed by atoms with van der Waals surface area (Å²) in [6.45, 7) is 0.998. The normalized spacial score (nSPS) is 10.3. The fraction of sp³-hybridized carbons (Fsp3) is 0.235. The summed E-state index contributed by atoms with van der Waals surface area (Å²) in [6.07, 6.45) is 0.856. The van der Waals surface area contributed by atoms with Gasteiger partial charge in [-0.15, -0.1) is 0 Å². The maximum atomic E-state index is 11.8. The molecular weight excluding hydrogens is 300 g/mol. The van der Waals surface area contributed by atoms with Crippen molar-refractivity contribution in [3.8, 4) is 5.75 Å². The Kier molecular flexibility index (Phi) is 6.25. The standard InChI is InChI=1S/C17H19ClN2O2/c1-22-16-7-5-13(6-8-16)9-10-19-12-17(21)20-15-4-2-3-14(18)11-15/h2-8,11,19H,9-10,12H2,1H3,(H,20,21). The van der Waals surface area contributed by atoms with E-state index >= 15 is 0 Å². The molecule has 0 saturated heterocycles. The molecule has 5 heteroatoms. The fourth-order valence-corrected chi connectivity index (χ4v) is 2.19. The molecule has 2 rings (SSSR count). The van der Waals surface area contributed by atoms with Crippen LogP contribution in [0.1, 0.15) is 5.56 Å². The summed E-state index contributed by atoms with van der Waals surface area (Å²) in [6, 6.07) is 15.0. The Labute approximate surface area is 135 Å². The molecule has 0 aliphatic heterocycles. The van der Waals surface area contributed by atoms with Crippen LogP contribution in [0.5, 0.6) is 5.75 Å². The number of carbonyl (C=O) groups excluding carboxylic acids is 1. The molecule has 2 aromatic rings. The Hall–Kier alpha value is -2.04. The minimum atomic E-state index is -0.0861. The van der Waals surface area contributed by atoms with Crippen LogP contribution >= 0.6 is 11.6 Å². The third-order valence-corrected chi connectivity index (χ3v) is 3.38. The highest BCUT2D eigenvalue weighted by molar-refractivity contribution is 6.30. The van der Waals surface area contributed by atoms with Gasteiger partial charge in [0.15, 0.2) is 0 Å². The van der Waals surface area contributed by atoms with E-state index in [1.165, 1.54) is 5.56 Å². The summed E-state index contributed by atoms with van der Waals surface area (Å²) in [7, 11) is 1.65. The molecule has 0 aliphatic carbocycles. The van der Waals surface area contributed by atoms with Crippen LogP contribution in [0.25, 0.3) is 0 Å². The van der Waals surface area contributed by atoms with Gasteiger partial charge in [0.1, 0.15) is 5.75 Å². The van der Waals surface area contributed by atoms with Crippen molar-refractivity contribution in [1.29, 1.82) is 0 Å². The van der Waals surface area contributed by atoms with Crippen molar-refractivity contribution in [2.45, 2.75) is 6.42 Å². The Morgan fingerprint density at radius 3 is 2.64 bits per heavy atom. The maximum Gasteiger partial charge on any atom is 0.238 e. The predicted octanol–water partition coefficient (Wildman–Crippen LogP) is 3.12. The van der Waals surface area contributed by atoms with Gasteiger partial charge in [-0.25, -0.2) is 0 Å². The summed E-state index contributed by atoms with van der Waals surface area (Å²) >= 11 is 5.87. The minimum Gasteiger partial charge on any atom is -0.497 e. The number of benzene rings is 2. The van der Waals surface area contributed by atoms with Gasteiger partial charge in [0.2, 0.25) is 5.91 Å². The lowest BCUT2D eigenvalue weighted by molar-refractivity contribution is -0.115. The molecule has 0 aliphatic rings. The number of anilines is 1. The van der Waals surface area contributed by atoms with Crippen LogP contribution in [-0.4, -0.2) is 26.1 Å². The van der Waals surface area contributed by atoms with Gasteiger partial charge in [-0.3, -0.25) is 4.79 Å². The lowest BCUT2D eigenvalue weighted by Crippen LogP contribution is -2.29. The number of hydrogen-bond donors (Lipinski definition) is 2. The molecule has 0 saturated carbocycles. The number of ether oxygens (including phenoxy) is 1. The number of halogens is 1. The molecule has 4 nitrogen and oxygen atoms in total.